The number of carbonyl (C=O) groups is 1. The van der Waals surface area contributed by atoms with E-state index >= 15 is 0 Å². The third-order valence-electron chi connectivity index (χ3n) is 5.68. The van der Waals surface area contributed by atoms with Crippen LogP contribution in [0.4, 0.5) is 5.69 Å². The number of ether oxygens (including phenoxy) is 1. The molecule has 5 rings (SSSR count). The molecule has 0 spiro atoms. The third-order valence-corrected chi connectivity index (χ3v) is 5.68. The van der Waals surface area contributed by atoms with Gasteiger partial charge in [0.05, 0.1) is 19.2 Å². The molecule has 0 N–H and O–H groups in total. The van der Waals surface area contributed by atoms with E-state index < -0.39 is 0 Å². The van der Waals surface area contributed by atoms with Crippen LogP contribution >= 0.6 is 0 Å². The highest BCUT2D eigenvalue weighted by Gasteiger charge is 2.28. The molecule has 31 heavy (non-hydrogen) atoms. The number of carbonyl (C=O) groups excluding carboxylic acids is 1. The molecule has 5 heteroatoms. The highest BCUT2D eigenvalue weighted by Crippen LogP contribution is 2.32. The average molecular weight is 409 g/mol. The van der Waals surface area contributed by atoms with Gasteiger partial charge in [-0.25, -0.2) is 0 Å². The number of anilines is 1. The minimum Gasteiger partial charge on any atom is -0.497 e. The Labute approximate surface area is 181 Å². The minimum atomic E-state index is -0.0184. The van der Waals surface area contributed by atoms with Crippen molar-refractivity contribution in [3.05, 3.63) is 102 Å². The molecule has 0 saturated carbocycles. The molecule has 0 bridgehead atoms. The summed E-state index contributed by atoms with van der Waals surface area (Å²) in [5.41, 5.74) is 5.52. The summed E-state index contributed by atoms with van der Waals surface area (Å²) >= 11 is 0. The smallest absolute Gasteiger partial charge is 0.262 e. The molecule has 154 valence electrons. The fourth-order valence-electron chi connectivity index (χ4n) is 4.09. The van der Waals surface area contributed by atoms with E-state index in [9.17, 15) is 4.79 Å². The summed E-state index contributed by atoms with van der Waals surface area (Å²) in [7, 11) is 1.64. The van der Waals surface area contributed by atoms with Gasteiger partial charge in [-0.1, -0.05) is 48.5 Å². The van der Waals surface area contributed by atoms with Gasteiger partial charge in [0.15, 0.2) is 0 Å². The first-order chi connectivity index (χ1) is 15.2. The van der Waals surface area contributed by atoms with Crippen molar-refractivity contribution in [2.45, 2.75) is 13.0 Å². The van der Waals surface area contributed by atoms with Gasteiger partial charge in [0.25, 0.3) is 5.91 Å². The van der Waals surface area contributed by atoms with Gasteiger partial charge >= 0.3 is 0 Å². The molecule has 0 unspecified atom stereocenters. The quantitative estimate of drug-likeness (QED) is 0.475. The van der Waals surface area contributed by atoms with Crippen molar-refractivity contribution >= 4 is 11.6 Å². The van der Waals surface area contributed by atoms with Crippen LogP contribution in [0.5, 0.6) is 5.75 Å². The summed E-state index contributed by atoms with van der Waals surface area (Å²) in [6.45, 7) is 1.29. The van der Waals surface area contributed by atoms with Gasteiger partial charge in [-0.3, -0.25) is 9.48 Å². The van der Waals surface area contributed by atoms with E-state index in [0.29, 0.717) is 24.3 Å². The molecule has 1 aliphatic rings. The average Bonchev–Trinajstić information content (AvgIpc) is 3.44. The van der Waals surface area contributed by atoms with Gasteiger partial charge in [-0.15, -0.1) is 0 Å². The summed E-state index contributed by atoms with van der Waals surface area (Å²) in [5.74, 6) is 0.754. The van der Waals surface area contributed by atoms with Crippen LogP contribution in [-0.4, -0.2) is 29.3 Å². The van der Waals surface area contributed by atoms with E-state index in [-0.39, 0.29) is 5.91 Å². The Morgan fingerprint density at radius 1 is 0.968 bits per heavy atom. The van der Waals surface area contributed by atoms with Crippen molar-refractivity contribution in [2.75, 3.05) is 18.6 Å². The summed E-state index contributed by atoms with van der Waals surface area (Å²) in [6.07, 6.45) is 2.74. The second kappa shape index (κ2) is 8.11. The topological polar surface area (TPSA) is 47.4 Å². The maximum absolute atomic E-state index is 13.6. The number of para-hydroxylation sites is 1. The highest BCUT2D eigenvalue weighted by atomic mass is 16.5. The molecule has 4 aromatic rings. The number of hydrogen-bond donors (Lipinski definition) is 0. The second-order valence-electron chi connectivity index (χ2n) is 7.64. The van der Waals surface area contributed by atoms with Crippen LogP contribution in [0.25, 0.3) is 11.3 Å². The normalized spacial score (nSPS) is 12.6. The number of rotatable bonds is 5. The van der Waals surface area contributed by atoms with E-state index in [4.69, 9.17) is 9.84 Å². The van der Waals surface area contributed by atoms with E-state index in [2.05, 4.69) is 18.2 Å². The predicted octanol–water partition coefficient (Wildman–Crippen LogP) is 4.81. The maximum Gasteiger partial charge on any atom is 0.262 e. The number of aromatic nitrogens is 2. The Kier molecular flexibility index (Phi) is 5.00. The Bertz CT molecular complexity index is 1210. The Balaban J connectivity index is 1.55. The molecular formula is C26H23N3O2. The van der Waals surface area contributed by atoms with Crippen LogP contribution in [0.15, 0.2) is 85.1 Å². The van der Waals surface area contributed by atoms with Crippen molar-refractivity contribution in [3.8, 4) is 17.0 Å². The highest BCUT2D eigenvalue weighted by molar-refractivity contribution is 6.10. The zero-order chi connectivity index (χ0) is 21.2. The molecule has 3 aromatic carbocycles. The Hall–Kier alpha value is -3.86. The van der Waals surface area contributed by atoms with Crippen molar-refractivity contribution < 1.29 is 9.53 Å². The van der Waals surface area contributed by atoms with Crippen LogP contribution < -0.4 is 9.64 Å². The lowest BCUT2D eigenvalue weighted by Gasteiger charge is -2.17. The predicted molar refractivity (Wildman–Crippen MR) is 122 cm³/mol. The lowest BCUT2D eigenvalue weighted by atomic mass is 10.1. The number of amides is 1. The van der Waals surface area contributed by atoms with Crippen LogP contribution in [0.1, 0.15) is 21.5 Å². The summed E-state index contributed by atoms with van der Waals surface area (Å²) in [4.78, 5) is 15.5. The van der Waals surface area contributed by atoms with Crippen molar-refractivity contribution in [2.24, 2.45) is 0 Å². The summed E-state index contributed by atoms with van der Waals surface area (Å²) in [6, 6.07) is 25.9. The van der Waals surface area contributed by atoms with E-state index in [1.54, 1.807) is 7.11 Å². The lowest BCUT2D eigenvalue weighted by molar-refractivity contribution is 0.0990. The number of methoxy groups -OCH3 is 1. The number of nitrogens with zero attached hydrogens (tertiary/aromatic N) is 3. The molecule has 1 aliphatic heterocycles. The van der Waals surface area contributed by atoms with Gasteiger partial charge in [0.2, 0.25) is 0 Å². The fraction of sp³-hybridized carbons (Fsp3) is 0.154. The van der Waals surface area contributed by atoms with E-state index in [0.717, 1.165) is 29.0 Å². The lowest BCUT2D eigenvalue weighted by Crippen LogP contribution is -2.29. The van der Waals surface area contributed by atoms with Gasteiger partial charge in [0.1, 0.15) is 11.4 Å². The molecular weight excluding hydrogens is 386 g/mol. The first kappa shape index (κ1) is 19.1. The number of benzene rings is 3. The third kappa shape index (κ3) is 3.70. The Morgan fingerprint density at radius 2 is 1.71 bits per heavy atom. The van der Waals surface area contributed by atoms with Crippen LogP contribution in [0, 0.1) is 0 Å². The molecule has 1 amide bonds. The molecule has 1 aromatic heterocycles. The zero-order valence-corrected chi connectivity index (χ0v) is 17.4. The number of hydrogen-bond acceptors (Lipinski definition) is 3. The Morgan fingerprint density at radius 3 is 2.48 bits per heavy atom. The monoisotopic (exact) mass is 409 g/mol. The number of fused-ring (bicyclic) bond motifs is 1. The van der Waals surface area contributed by atoms with Crippen LogP contribution in [0.3, 0.4) is 0 Å². The van der Waals surface area contributed by atoms with Crippen molar-refractivity contribution in [1.82, 2.24) is 9.78 Å². The summed E-state index contributed by atoms with van der Waals surface area (Å²) < 4.78 is 7.14. The second-order valence-corrected chi connectivity index (χ2v) is 7.64. The van der Waals surface area contributed by atoms with Crippen molar-refractivity contribution in [1.29, 1.82) is 0 Å². The van der Waals surface area contributed by atoms with Crippen LogP contribution in [0.2, 0.25) is 0 Å². The SMILES string of the molecule is COc1ccc(-c2nn(Cc3ccccc3)cc2C(=O)N2CCc3ccccc32)cc1. The first-order valence-electron chi connectivity index (χ1n) is 10.4. The molecule has 0 saturated heterocycles. The maximum atomic E-state index is 13.6. The van der Waals surface area contributed by atoms with E-state index in [1.165, 1.54) is 5.56 Å². The largest absolute Gasteiger partial charge is 0.497 e. The molecule has 0 radical (unpaired) electrons. The van der Waals surface area contributed by atoms with Crippen LogP contribution in [-0.2, 0) is 13.0 Å². The zero-order valence-electron chi connectivity index (χ0n) is 17.4. The van der Waals surface area contributed by atoms with Gasteiger partial charge < -0.3 is 9.64 Å². The summed E-state index contributed by atoms with van der Waals surface area (Å²) in [5, 5.41) is 4.81. The fourth-order valence-corrected chi connectivity index (χ4v) is 4.09. The van der Waals surface area contributed by atoms with Gasteiger partial charge in [-0.2, -0.15) is 5.10 Å². The van der Waals surface area contributed by atoms with Gasteiger partial charge in [-0.05, 0) is 47.9 Å². The van der Waals surface area contributed by atoms with E-state index in [1.807, 2.05) is 76.4 Å². The molecule has 0 fully saturated rings. The molecule has 5 nitrogen and oxygen atoms in total. The molecule has 0 atom stereocenters. The van der Waals surface area contributed by atoms with Gasteiger partial charge in [0, 0.05) is 24.0 Å². The molecule has 2 heterocycles. The minimum absolute atomic E-state index is 0.0184. The standard InChI is InChI=1S/C26H23N3O2/c1-31-22-13-11-21(12-14-22)25-23(18-28(27-25)17-19-7-3-2-4-8-19)26(30)29-16-15-20-9-5-6-10-24(20)29/h2-14,18H,15-17H2,1H3. The first-order valence-corrected chi connectivity index (χ1v) is 10.4. The molecule has 0 aliphatic carbocycles. The van der Waals surface area contributed by atoms with Crippen molar-refractivity contribution in [3.63, 3.8) is 0 Å².